The molecule has 1 aliphatic rings. The van der Waals surface area contributed by atoms with E-state index in [0.717, 1.165) is 18.2 Å². The molecule has 0 spiro atoms. The largest absolute Gasteiger partial charge is 0.496 e. The number of likely N-dealkylation sites (tertiary alicyclic amines) is 1. The highest BCUT2D eigenvalue weighted by atomic mass is 19.4. The van der Waals surface area contributed by atoms with Gasteiger partial charge in [-0.2, -0.15) is 13.2 Å². The number of nitrogens with two attached hydrogens (primary N) is 1. The number of nitrogen functional groups attached to an aromatic ring is 1. The van der Waals surface area contributed by atoms with E-state index in [9.17, 15) is 28.1 Å². The second kappa shape index (κ2) is 9.43. The van der Waals surface area contributed by atoms with Crippen LogP contribution in [-0.4, -0.2) is 42.0 Å². The molecule has 0 atom stereocenters. The molecule has 11 heteroatoms. The van der Waals surface area contributed by atoms with Crippen molar-refractivity contribution in [1.29, 1.82) is 0 Å². The average molecular weight is 452 g/mol. The Labute approximate surface area is 182 Å². The summed E-state index contributed by atoms with van der Waals surface area (Å²) in [5.74, 6) is -0.381. The van der Waals surface area contributed by atoms with Gasteiger partial charge in [-0.25, -0.2) is 0 Å². The van der Waals surface area contributed by atoms with Crippen LogP contribution in [0.2, 0.25) is 0 Å². The first kappa shape index (κ1) is 23.3. The van der Waals surface area contributed by atoms with Crippen molar-refractivity contribution in [3.8, 4) is 5.75 Å². The topological polar surface area (TPSA) is 111 Å². The number of ether oxygens (including phenoxy) is 1. The molecule has 0 radical (unpaired) electrons. The van der Waals surface area contributed by atoms with Gasteiger partial charge in [0.05, 0.1) is 23.2 Å². The van der Waals surface area contributed by atoms with Crippen molar-refractivity contribution in [1.82, 2.24) is 10.2 Å². The number of carbonyl (C=O) groups is 1. The van der Waals surface area contributed by atoms with Gasteiger partial charge in [-0.15, -0.1) is 0 Å². The fourth-order valence-corrected chi connectivity index (χ4v) is 3.69. The van der Waals surface area contributed by atoms with Gasteiger partial charge < -0.3 is 15.8 Å². The van der Waals surface area contributed by atoms with Gasteiger partial charge in [0, 0.05) is 37.8 Å². The molecule has 1 heterocycles. The first-order valence-corrected chi connectivity index (χ1v) is 9.89. The van der Waals surface area contributed by atoms with Gasteiger partial charge in [0.1, 0.15) is 11.4 Å². The maximum Gasteiger partial charge on any atom is 0.416 e. The average Bonchev–Trinajstić information content (AvgIpc) is 2.74. The van der Waals surface area contributed by atoms with E-state index in [4.69, 9.17) is 10.5 Å². The van der Waals surface area contributed by atoms with Crippen LogP contribution < -0.4 is 15.8 Å². The number of alkyl halides is 3. The van der Waals surface area contributed by atoms with Crippen molar-refractivity contribution in [2.45, 2.75) is 31.6 Å². The predicted octanol–water partition coefficient (Wildman–Crippen LogP) is 3.60. The van der Waals surface area contributed by atoms with Crippen LogP contribution in [0.3, 0.4) is 0 Å². The fourth-order valence-electron chi connectivity index (χ4n) is 3.69. The highest BCUT2D eigenvalue weighted by molar-refractivity contribution is 5.98. The van der Waals surface area contributed by atoms with Gasteiger partial charge in [-0.3, -0.25) is 19.8 Å². The SMILES string of the molecule is COc1cc(N)c([N+](=O)[O-])cc1C(=O)NC1CCN(Cc2cccc(C(F)(F)F)c2)CC1. The number of benzene rings is 2. The summed E-state index contributed by atoms with van der Waals surface area (Å²) in [6.07, 6.45) is -3.21. The third kappa shape index (κ3) is 5.47. The minimum atomic E-state index is -4.38. The van der Waals surface area contributed by atoms with E-state index in [2.05, 4.69) is 5.32 Å². The lowest BCUT2D eigenvalue weighted by Gasteiger charge is -2.32. The summed E-state index contributed by atoms with van der Waals surface area (Å²) in [7, 11) is 1.34. The minimum Gasteiger partial charge on any atom is -0.496 e. The molecule has 0 saturated carbocycles. The third-order valence-electron chi connectivity index (χ3n) is 5.37. The van der Waals surface area contributed by atoms with Crippen LogP contribution in [0.15, 0.2) is 36.4 Å². The van der Waals surface area contributed by atoms with E-state index in [-0.39, 0.29) is 28.7 Å². The van der Waals surface area contributed by atoms with E-state index in [0.29, 0.717) is 38.0 Å². The number of nitrogens with zero attached hydrogens (tertiary/aromatic N) is 2. The Morgan fingerprint density at radius 2 is 1.97 bits per heavy atom. The molecule has 32 heavy (non-hydrogen) atoms. The Morgan fingerprint density at radius 3 is 2.56 bits per heavy atom. The van der Waals surface area contributed by atoms with Crippen molar-refractivity contribution in [3.63, 3.8) is 0 Å². The highest BCUT2D eigenvalue weighted by Crippen LogP contribution is 2.31. The molecule has 3 rings (SSSR count). The number of nitro groups is 1. The lowest BCUT2D eigenvalue weighted by atomic mass is 10.0. The number of amides is 1. The monoisotopic (exact) mass is 452 g/mol. The second-order valence-corrected chi connectivity index (χ2v) is 7.59. The first-order chi connectivity index (χ1) is 15.1. The second-order valence-electron chi connectivity index (χ2n) is 7.59. The van der Waals surface area contributed by atoms with Gasteiger partial charge in [-0.1, -0.05) is 18.2 Å². The van der Waals surface area contributed by atoms with Crippen LogP contribution >= 0.6 is 0 Å². The summed E-state index contributed by atoms with van der Waals surface area (Å²) in [5.41, 5.74) is 5.06. The molecule has 0 aromatic heterocycles. The van der Waals surface area contributed by atoms with Gasteiger partial charge >= 0.3 is 6.18 Å². The van der Waals surface area contributed by atoms with Gasteiger partial charge in [0.15, 0.2) is 0 Å². The Hall–Kier alpha value is -3.34. The number of rotatable bonds is 6. The van der Waals surface area contributed by atoms with Crippen LogP contribution in [0, 0.1) is 10.1 Å². The Kier molecular flexibility index (Phi) is 6.87. The van der Waals surface area contributed by atoms with E-state index in [1.807, 2.05) is 4.90 Å². The maximum atomic E-state index is 12.9. The van der Waals surface area contributed by atoms with Crippen molar-refractivity contribution >= 4 is 17.3 Å². The zero-order valence-electron chi connectivity index (χ0n) is 17.3. The normalized spacial score (nSPS) is 15.4. The molecule has 0 unspecified atom stereocenters. The molecule has 172 valence electrons. The number of methoxy groups -OCH3 is 1. The van der Waals surface area contributed by atoms with Gasteiger partial charge in [0.25, 0.3) is 11.6 Å². The molecule has 0 aliphatic carbocycles. The highest BCUT2D eigenvalue weighted by Gasteiger charge is 2.31. The third-order valence-corrected chi connectivity index (χ3v) is 5.37. The summed E-state index contributed by atoms with van der Waals surface area (Å²) in [6, 6.07) is 7.39. The van der Waals surface area contributed by atoms with E-state index in [1.54, 1.807) is 6.07 Å². The van der Waals surface area contributed by atoms with E-state index >= 15 is 0 Å². The molecule has 1 aliphatic heterocycles. The van der Waals surface area contributed by atoms with Crippen LogP contribution in [-0.2, 0) is 12.7 Å². The standard InChI is InChI=1S/C21H23F3N4O4/c1-32-19-11-17(25)18(28(30)31)10-16(19)20(29)26-15-5-7-27(8-6-15)12-13-3-2-4-14(9-13)21(22,23)24/h2-4,9-11,15H,5-8,12,25H2,1H3,(H,26,29). The van der Waals surface area contributed by atoms with Crippen molar-refractivity contribution in [2.75, 3.05) is 25.9 Å². The van der Waals surface area contributed by atoms with Crippen LogP contribution in [0.1, 0.15) is 34.3 Å². The number of nitrogens with one attached hydrogen (secondary N) is 1. The summed E-state index contributed by atoms with van der Waals surface area (Å²) in [4.78, 5) is 25.2. The summed E-state index contributed by atoms with van der Waals surface area (Å²) >= 11 is 0. The number of carbonyl (C=O) groups excluding carboxylic acids is 1. The summed E-state index contributed by atoms with van der Waals surface area (Å²) in [6.45, 7) is 1.54. The predicted molar refractivity (Wildman–Crippen MR) is 111 cm³/mol. The quantitative estimate of drug-likeness (QED) is 0.394. The summed E-state index contributed by atoms with van der Waals surface area (Å²) < 4.78 is 43.8. The molecule has 8 nitrogen and oxygen atoms in total. The number of nitro benzene ring substituents is 1. The van der Waals surface area contributed by atoms with Gasteiger partial charge in [-0.05, 0) is 24.5 Å². The molecule has 1 amide bonds. The molecular formula is C21H23F3N4O4. The van der Waals surface area contributed by atoms with Gasteiger partial charge in [0.2, 0.25) is 0 Å². The number of piperidine rings is 1. The Morgan fingerprint density at radius 1 is 1.28 bits per heavy atom. The van der Waals surface area contributed by atoms with Crippen molar-refractivity contribution in [3.05, 3.63) is 63.2 Å². The van der Waals surface area contributed by atoms with Crippen molar-refractivity contribution < 1.29 is 27.6 Å². The lowest BCUT2D eigenvalue weighted by molar-refractivity contribution is -0.383. The maximum absolute atomic E-state index is 12.9. The number of halogens is 3. The Bertz CT molecular complexity index is 1010. The smallest absolute Gasteiger partial charge is 0.416 e. The minimum absolute atomic E-state index is 0.0137. The molecule has 1 saturated heterocycles. The van der Waals surface area contributed by atoms with Crippen molar-refractivity contribution in [2.24, 2.45) is 0 Å². The number of anilines is 1. The van der Waals surface area contributed by atoms with Crippen LogP contribution in [0.4, 0.5) is 24.5 Å². The first-order valence-electron chi connectivity index (χ1n) is 9.89. The summed E-state index contributed by atoms with van der Waals surface area (Å²) in [5, 5.41) is 14.0. The zero-order chi connectivity index (χ0) is 23.5. The fraction of sp³-hybridized carbons (Fsp3) is 0.381. The molecule has 0 bridgehead atoms. The van der Waals surface area contributed by atoms with E-state index < -0.39 is 22.6 Å². The zero-order valence-corrected chi connectivity index (χ0v) is 17.3. The van der Waals surface area contributed by atoms with Crippen LogP contribution in [0.25, 0.3) is 0 Å². The molecule has 2 aromatic rings. The Balaban J connectivity index is 1.60. The lowest BCUT2D eigenvalue weighted by Crippen LogP contribution is -2.44. The molecule has 3 N–H and O–H groups in total. The molecule has 2 aromatic carbocycles. The number of hydrogen-bond donors (Lipinski definition) is 2. The van der Waals surface area contributed by atoms with Crippen LogP contribution in [0.5, 0.6) is 5.75 Å². The number of hydrogen-bond acceptors (Lipinski definition) is 6. The molecule has 1 fully saturated rings. The van der Waals surface area contributed by atoms with E-state index in [1.165, 1.54) is 19.2 Å². The molecular weight excluding hydrogens is 429 g/mol.